The highest BCUT2D eigenvalue weighted by Gasteiger charge is 2.09. The normalized spacial score (nSPS) is 12.2. The number of hydrogen-bond donors (Lipinski definition) is 2. The highest BCUT2D eigenvalue weighted by molar-refractivity contribution is 5.99. The largest absolute Gasteiger partial charge is 0.398 e. The van der Waals surface area contributed by atoms with Crippen molar-refractivity contribution in [2.45, 2.75) is 27.2 Å². The molecule has 88 valence electrons. The van der Waals surface area contributed by atoms with Crippen LogP contribution in [-0.4, -0.2) is 12.5 Å². The predicted octanol–water partition coefficient (Wildman–Crippen LogP) is 2.35. The zero-order valence-electron chi connectivity index (χ0n) is 10.2. The number of nitrogens with two attached hydrogens (primary N) is 1. The van der Waals surface area contributed by atoms with Crippen molar-refractivity contribution in [3.05, 3.63) is 29.3 Å². The second-order valence-corrected chi connectivity index (χ2v) is 4.31. The van der Waals surface area contributed by atoms with Crippen LogP contribution in [0.1, 0.15) is 36.2 Å². The van der Waals surface area contributed by atoms with E-state index in [-0.39, 0.29) is 5.91 Å². The Balaban J connectivity index is 2.66. The molecule has 0 aromatic heterocycles. The average molecular weight is 220 g/mol. The molecule has 1 amide bonds. The molecule has 3 N–H and O–H groups in total. The molecule has 1 aromatic carbocycles. The summed E-state index contributed by atoms with van der Waals surface area (Å²) >= 11 is 0. The monoisotopic (exact) mass is 220 g/mol. The van der Waals surface area contributed by atoms with Gasteiger partial charge in [0, 0.05) is 12.2 Å². The third kappa shape index (κ3) is 3.26. The quantitative estimate of drug-likeness (QED) is 0.765. The second kappa shape index (κ2) is 5.54. The van der Waals surface area contributed by atoms with Gasteiger partial charge in [0.05, 0.1) is 5.56 Å². The maximum Gasteiger partial charge on any atom is 0.253 e. The maximum atomic E-state index is 11.8. The van der Waals surface area contributed by atoms with Gasteiger partial charge in [-0.1, -0.05) is 26.3 Å². The van der Waals surface area contributed by atoms with Crippen LogP contribution in [0.15, 0.2) is 18.2 Å². The minimum atomic E-state index is -0.0854. The number of nitrogen functional groups attached to an aromatic ring is 1. The van der Waals surface area contributed by atoms with Gasteiger partial charge in [0.2, 0.25) is 0 Å². The molecule has 0 radical (unpaired) electrons. The van der Waals surface area contributed by atoms with Crippen LogP contribution < -0.4 is 11.1 Å². The number of rotatable bonds is 4. The Morgan fingerprint density at radius 3 is 2.75 bits per heavy atom. The summed E-state index contributed by atoms with van der Waals surface area (Å²) in [5.74, 6) is 0.411. The fraction of sp³-hybridized carbons (Fsp3) is 0.462. The molecule has 0 aliphatic heterocycles. The highest BCUT2D eigenvalue weighted by atomic mass is 16.1. The minimum Gasteiger partial charge on any atom is -0.398 e. The molecule has 1 unspecified atom stereocenters. The molecule has 1 atom stereocenters. The van der Waals surface area contributed by atoms with Gasteiger partial charge in [0.1, 0.15) is 0 Å². The van der Waals surface area contributed by atoms with Gasteiger partial charge >= 0.3 is 0 Å². The summed E-state index contributed by atoms with van der Waals surface area (Å²) in [5, 5.41) is 2.89. The molecule has 1 rings (SSSR count). The van der Waals surface area contributed by atoms with Gasteiger partial charge in [-0.2, -0.15) is 0 Å². The van der Waals surface area contributed by atoms with Crippen LogP contribution in [0.25, 0.3) is 0 Å². The predicted molar refractivity (Wildman–Crippen MR) is 67.4 cm³/mol. The Hall–Kier alpha value is -1.51. The fourth-order valence-corrected chi connectivity index (χ4v) is 1.40. The summed E-state index contributed by atoms with van der Waals surface area (Å²) in [6.07, 6.45) is 1.06. The van der Waals surface area contributed by atoms with Gasteiger partial charge in [0.15, 0.2) is 0 Å². The molecule has 0 aliphatic carbocycles. The van der Waals surface area contributed by atoms with E-state index < -0.39 is 0 Å². The molecule has 0 bridgehead atoms. The molecule has 3 heteroatoms. The van der Waals surface area contributed by atoms with E-state index in [0.29, 0.717) is 23.7 Å². The first-order valence-electron chi connectivity index (χ1n) is 5.69. The molecule has 1 aromatic rings. The number of nitrogens with one attached hydrogen (secondary N) is 1. The van der Waals surface area contributed by atoms with Crippen molar-refractivity contribution in [3.63, 3.8) is 0 Å². The fourth-order valence-electron chi connectivity index (χ4n) is 1.40. The third-order valence-electron chi connectivity index (χ3n) is 2.76. The highest BCUT2D eigenvalue weighted by Crippen LogP contribution is 2.13. The summed E-state index contributed by atoms with van der Waals surface area (Å²) in [7, 11) is 0. The van der Waals surface area contributed by atoms with Crippen molar-refractivity contribution >= 4 is 11.6 Å². The standard InChI is InChI=1S/C13H20N2O/c1-4-9(2)8-15-13(16)11-6-5-10(3)7-12(11)14/h5-7,9H,4,8,14H2,1-3H3,(H,15,16). The Morgan fingerprint density at radius 1 is 1.50 bits per heavy atom. The first kappa shape index (κ1) is 12.6. The number of carbonyl (C=O) groups is 1. The van der Waals surface area contributed by atoms with Gasteiger partial charge in [-0.05, 0) is 30.5 Å². The maximum absolute atomic E-state index is 11.8. The summed E-state index contributed by atoms with van der Waals surface area (Å²) in [5.41, 5.74) is 7.97. The molecule has 0 aliphatic rings. The Labute approximate surface area is 97.0 Å². The van der Waals surface area contributed by atoms with Crippen LogP contribution in [0.4, 0.5) is 5.69 Å². The first-order valence-corrected chi connectivity index (χ1v) is 5.69. The van der Waals surface area contributed by atoms with Gasteiger partial charge in [-0.15, -0.1) is 0 Å². The average Bonchev–Trinajstić information content (AvgIpc) is 2.25. The summed E-state index contributed by atoms with van der Waals surface area (Å²) in [4.78, 5) is 11.8. The molecule has 16 heavy (non-hydrogen) atoms. The van der Waals surface area contributed by atoms with Crippen LogP contribution in [0.2, 0.25) is 0 Å². The van der Waals surface area contributed by atoms with E-state index in [4.69, 9.17) is 5.73 Å². The van der Waals surface area contributed by atoms with Crippen LogP contribution in [0, 0.1) is 12.8 Å². The number of hydrogen-bond acceptors (Lipinski definition) is 2. The van der Waals surface area contributed by atoms with Crippen LogP contribution in [0.5, 0.6) is 0 Å². The van der Waals surface area contributed by atoms with Crippen molar-refractivity contribution < 1.29 is 4.79 Å². The van der Waals surface area contributed by atoms with Crippen molar-refractivity contribution in [2.24, 2.45) is 5.92 Å². The zero-order valence-corrected chi connectivity index (χ0v) is 10.2. The van der Waals surface area contributed by atoms with E-state index in [0.717, 1.165) is 12.0 Å². The van der Waals surface area contributed by atoms with E-state index in [9.17, 15) is 4.79 Å². The lowest BCUT2D eigenvalue weighted by Gasteiger charge is -2.11. The Morgan fingerprint density at radius 2 is 2.19 bits per heavy atom. The molecule has 0 fully saturated rings. The van der Waals surface area contributed by atoms with Crippen molar-refractivity contribution in [1.82, 2.24) is 5.32 Å². The molecule has 3 nitrogen and oxygen atoms in total. The number of anilines is 1. The first-order chi connectivity index (χ1) is 7.54. The van der Waals surface area contributed by atoms with Gasteiger partial charge in [0.25, 0.3) is 5.91 Å². The smallest absolute Gasteiger partial charge is 0.253 e. The minimum absolute atomic E-state index is 0.0854. The van der Waals surface area contributed by atoms with E-state index in [1.807, 2.05) is 19.1 Å². The van der Waals surface area contributed by atoms with Crippen LogP contribution in [-0.2, 0) is 0 Å². The van der Waals surface area contributed by atoms with Crippen molar-refractivity contribution in [1.29, 1.82) is 0 Å². The number of carbonyl (C=O) groups excluding carboxylic acids is 1. The Bertz CT molecular complexity index is 374. The van der Waals surface area contributed by atoms with E-state index in [2.05, 4.69) is 19.2 Å². The SMILES string of the molecule is CCC(C)CNC(=O)c1ccc(C)cc1N. The summed E-state index contributed by atoms with van der Waals surface area (Å²) in [6, 6.07) is 5.49. The van der Waals surface area contributed by atoms with E-state index in [1.54, 1.807) is 6.07 Å². The molecular formula is C13H20N2O. The van der Waals surface area contributed by atoms with Gasteiger partial charge in [-0.25, -0.2) is 0 Å². The Kier molecular flexibility index (Phi) is 4.35. The zero-order chi connectivity index (χ0) is 12.1. The van der Waals surface area contributed by atoms with Crippen molar-refractivity contribution in [2.75, 3.05) is 12.3 Å². The molecule has 0 saturated heterocycles. The molecule has 0 heterocycles. The topological polar surface area (TPSA) is 55.1 Å². The van der Waals surface area contributed by atoms with Gasteiger partial charge in [-0.3, -0.25) is 4.79 Å². The number of aryl methyl sites for hydroxylation is 1. The number of benzene rings is 1. The number of amides is 1. The third-order valence-corrected chi connectivity index (χ3v) is 2.76. The van der Waals surface area contributed by atoms with Crippen molar-refractivity contribution in [3.8, 4) is 0 Å². The van der Waals surface area contributed by atoms with Crippen LogP contribution in [0.3, 0.4) is 0 Å². The van der Waals surface area contributed by atoms with E-state index in [1.165, 1.54) is 0 Å². The molecule has 0 saturated carbocycles. The molecular weight excluding hydrogens is 200 g/mol. The molecule has 0 spiro atoms. The second-order valence-electron chi connectivity index (χ2n) is 4.31. The lowest BCUT2D eigenvalue weighted by atomic mass is 10.1. The van der Waals surface area contributed by atoms with E-state index >= 15 is 0 Å². The lowest BCUT2D eigenvalue weighted by molar-refractivity contribution is 0.0948. The summed E-state index contributed by atoms with van der Waals surface area (Å²) < 4.78 is 0. The summed E-state index contributed by atoms with van der Waals surface area (Å²) in [6.45, 7) is 6.87. The lowest BCUT2D eigenvalue weighted by Crippen LogP contribution is -2.28. The van der Waals surface area contributed by atoms with Gasteiger partial charge < -0.3 is 11.1 Å². The van der Waals surface area contributed by atoms with Crippen LogP contribution >= 0.6 is 0 Å².